The van der Waals surface area contributed by atoms with E-state index in [4.69, 9.17) is 11.0 Å². The van der Waals surface area contributed by atoms with E-state index < -0.39 is 0 Å². The predicted molar refractivity (Wildman–Crippen MR) is 65.6 cm³/mol. The Morgan fingerprint density at radius 3 is 2.94 bits per heavy atom. The molecule has 5 nitrogen and oxygen atoms in total. The molecule has 3 N–H and O–H groups in total. The Labute approximate surface area is 98.9 Å². The van der Waals surface area contributed by atoms with E-state index in [-0.39, 0.29) is 0 Å². The topological polar surface area (TPSA) is 87.6 Å². The van der Waals surface area contributed by atoms with Crippen molar-refractivity contribution < 1.29 is 0 Å². The molecule has 2 aromatic rings. The lowest BCUT2D eigenvalue weighted by Crippen LogP contribution is -2.01. The molecule has 1 aromatic carbocycles. The molecule has 0 aliphatic carbocycles. The second kappa shape index (κ2) is 4.49. The van der Waals surface area contributed by atoms with E-state index in [1.54, 1.807) is 0 Å². The van der Waals surface area contributed by atoms with Crippen molar-refractivity contribution in [2.45, 2.75) is 6.92 Å². The van der Waals surface area contributed by atoms with Crippen LogP contribution in [0.5, 0.6) is 0 Å². The van der Waals surface area contributed by atoms with Crippen LogP contribution in [0.15, 0.2) is 30.7 Å². The van der Waals surface area contributed by atoms with E-state index in [1.807, 2.05) is 25.1 Å². The highest BCUT2D eigenvalue weighted by molar-refractivity contribution is 5.72. The number of nitrogens with one attached hydrogen (secondary N) is 1. The zero-order valence-corrected chi connectivity index (χ0v) is 9.31. The number of aryl methyl sites for hydroxylation is 1. The summed E-state index contributed by atoms with van der Waals surface area (Å²) in [4.78, 5) is 7.83. The molecule has 0 bridgehead atoms. The standard InChI is InChI=1S/C12H11N5/c1-8-3-2-4-11(9(8)5-13)17-12-10(14)6-15-7-16-12/h2-4,6-7H,14H2,1H3,(H,15,16,17). The molecule has 5 heteroatoms. The van der Waals surface area contributed by atoms with Gasteiger partial charge in [0.1, 0.15) is 12.4 Å². The summed E-state index contributed by atoms with van der Waals surface area (Å²) in [6.07, 6.45) is 2.91. The number of aromatic nitrogens is 2. The van der Waals surface area contributed by atoms with E-state index in [1.165, 1.54) is 12.5 Å². The largest absolute Gasteiger partial charge is 0.394 e. The van der Waals surface area contributed by atoms with Gasteiger partial charge in [0.15, 0.2) is 5.82 Å². The second-order valence-corrected chi connectivity index (χ2v) is 3.56. The van der Waals surface area contributed by atoms with E-state index in [2.05, 4.69) is 21.4 Å². The highest BCUT2D eigenvalue weighted by Gasteiger charge is 2.07. The Hall–Kier alpha value is -2.61. The first-order valence-corrected chi connectivity index (χ1v) is 5.04. The third-order valence-electron chi connectivity index (χ3n) is 2.38. The van der Waals surface area contributed by atoms with Crippen molar-refractivity contribution in [3.63, 3.8) is 0 Å². The minimum Gasteiger partial charge on any atom is -0.394 e. The Kier molecular flexibility index (Phi) is 2.88. The van der Waals surface area contributed by atoms with Crippen molar-refractivity contribution in [2.75, 3.05) is 11.1 Å². The first-order chi connectivity index (χ1) is 8.22. The van der Waals surface area contributed by atoms with E-state index >= 15 is 0 Å². The third-order valence-corrected chi connectivity index (χ3v) is 2.38. The molecule has 17 heavy (non-hydrogen) atoms. The van der Waals surface area contributed by atoms with Gasteiger partial charge in [0, 0.05) is 0 Å². The number of nitrogen functional groups attached to an aromatic ring is 1. The van der Waals surface area contributed by atoms with Crippen LogP contribution >= 0.6 is 0 Å². The molecule has 0 radical (unpaired) electrons. The van der Waals surface area contributed by atoms with Crippen molar-refractivity contribution in [1.82, 2.24) is 9.97 Å². The minimum absolute atomic E-state index is 0.442. The number of nitrogens with zero attached hydrogens (tertiary/aromatic N) is 3. The Morgan fingerprint density at radius 2 is 2.24 bits per heavy atom. The van der Waals surface area contributed by atoms with Gasteiger partial charge in [0.05, 0.1) is 23.1 Å². The molecule has 2 rings (SSSR count). The number of hydrogen-bond acceptors (Lipinski definition) is 5. The fraction of sp³-hybridized carbons (Fsp3) is 0.0833. The number of benzene rings is 1. The van der Waals surface area contributed by atoms with Crippen molar-refractivity contribution in [3.05, 3.63) is 41.9 Å². The molecule has 0 saturated carbocycles. The quantitative estimate of drug-likeness (QED) is 0.815. The summed E-state index contributed by atoms with van der Waals surface area (Å²) in [5.41, 5.74) is 8.36. The SMILES string of the molecule is Cc1cccc(Nc2ncncc2N)c1C#N. The maximum atomic E-state index is 9.09. The molecule has 0 fully saturated rings. The van der Waals surface area contributed by atoms with Gasteiger partial charge in [0.25, 0.3) is 0 Å². The van der Waals surface area contributed by atoms with Gasteiger partial charge in [-0.3, -0.25) is 0 Å². The van der Waals surface area contributed by atoms with Gasteiger partial charge in [-0.25, -0.2) is 9.97 Å². The van der Waals surface area contributed by atoms with Gasteiger partial charge >= 0.3 is 0 Å². The van der Waals surface area contributed by atoms with Crippen LogP contribution in [-0.2, 0) is 0 Å². The van der Waals surface area contributed by atoms with Gasteiger partial charge in [-0.2, -0.15) is 5.26 Å². The Bertz CT molecular complexity index is 586. The lowest BCUT2D eigenvalue weighted by molar-refractivity contribution is 1.17. The van der Waals surface area contributed by atoms with Crippen LogP contribution in [0.1, 0.15) is 11.1 Å². The van der Waals surface area contributed by atoms with E-state index in [0.29, 0.717) is 22.8 Å². The maximum Gasteiger partial charge on any atom is 0.157 e. The summed E-state index contributed by atoms with van der Waals surface area (Å²) in [6, 6.07) is 7.72. The number of rotatable bonds is 2. The van der Waals surface area contributed by atoms with E-state index in [0.717, 1.165) is 5.56 Å². The normalized spacial score (nSPS) is 9.65. The first kappa shape index (κ1) is 10.9. The van der Waals surface area contributed by atoms with Gasteiger partial charge in [0.2, 0.25) is 0 Å². The molecule has 0 spiro atoms. The summed E-state index contributed by atoms with van der Waals surface area (Å²) >= 11 is 0. The molecule has 0 saturated heterocycles. The minimum atomic E-state index is 0.442. The lowest BCUT2D eigenvalue weighted by Gasteiger charge is -2.10. The Balaban J connectivity index is 2.41. The second-order valence-electron chi connectivity index (χ2n) is 3.56. The van der Waals surface area contributed by atoms with Crippen LogP contribution in [0.4, 0.5) is 17.2 Å². The zero-order valence-electron chi connectivity index (χ0n) is 9.31. The average Bonchev–Trinajstić information content (AvgIpc) is 2.32. The Morgan fingerprint density at radius 1 is 1.41 bits per heavy atom. The summed E-state index contributed by atoms with van der Waals surface area (Å²) in [5.74, 6) is 0.502. The summed E-state index contributed by atoms with van der Waals surface area (Å²) in [5, 5.41) is 12.1. The molecule has 0 atom stereocenters. The fourth-order valence-corrected chi connectivity index (χ4v) is 1.49. The highest BCUT2D eigenvalue weighted by Crippen LogP contribution is 2.24. The molecule has 84 valence electrons. The molecule has 0 unspecified atom stereocenters. The zero-order chi connectivity index (χ0) is 12.3. The monoisotopic (exact) mass is 225 g/mol. The molecule has 0 amide bonds. The van der Waals surface area contributed by atoms with E-state index in [9.17, 15) is 0 Å². The average molecular weight is 225 g/mol. The van der Waals surface area contributed by atoms with Crippen LogP contribution in [0.25, 0.3) is 0 Å². The first-order valence-electron chi connectivity index (χ1n) is 5.04. The summed E-state index contributed by atoms with van der Waals surface area (Å²) in [7, 11) is 0. The van der Waals surface area contributed by atoms with Crippen LogP contribution < -0.4 is 11.1 Å². The maximum absolute atomic E-state index is 9.09. The number of hydrogen-bond donors (Lipinski definition) is 2. The van der Waals surface area contributed by atoms with Crippen LogP contribution in [-0.4, -0.2) is 9.97 Å². The molecule has 1 heterocycles. The van der Waals surface area contributed by atoms with Gasteiger partial charge in [-0.15, -0.1) is 0 Å². The molecule has 1 aromatic heterocycles. The predicted octanol–water partition coefficient (Wildman–Crippen LogP) is 1.98. The fourth-order valence-electron chi connectivity index (χ4n) is 1.49. The van der Waals surface area contributed by atoms with Crippen LogP contribution in [0.3, 0.4) is 0 Å². The number of nitriles is 1. The molecule has 0 aliphatic rings. The van der Waals surface area contributed by atoms with Crippen molar-refractivity contribution in [3.8, 4) is 6.07 Å². The van der Waals surface area contributed by atoms with Gasteiger partial charge in [-0.05, 0) is 18.6 Å². The van der Waals surface area contributed by atoms with Crippen molar-refractivity contribution in [2.24, 2.45) is 0 Å². The number of anilines is 3. The van der Waals surface area contributed by atoms with Crippen LogP contribution in [0.2, 0.25) is 0 Å². The van der Waals surface area contributed by atoms with Crippen LogP contribution in [0, 0.1) is 18.3 Å². The molecular weight excluding hydrogens is 214 g/mol. The smallest absolute Gasteiger partial charge is 0.157 e. The summed E-state index contributed by atoms with van der Waals surface area (Å²) < 4.78 is 0. The summed E-state index contributed by atoms with van der Waals surface area (Å²) in [6.45, 7) is 1.88. The molecule has 0 aliphatic heterocycles. The van der Waals surface area contributed by atoms with Gasteiger partial charge in [-0.1, -0.05) is 12.1 Å². The van der Waals surface area contributed by atoms with Crippen molar-refractivity contribution in [1.29, 1.82) is 5.26 Å². The van der Waals surface area contributed by atoms with Gasteiger partial charge < -0.3 is 11.1 Å². The lowest BCUT2D eigenvalue weighted by atomic mass is 10.1. The third kappa shape index (κ3) is 2.16. The molecular formula is C12H11N5. The highest BCUT2D eigenvalue weighted by atomic mass is 15.0. The number of nitrogens with two attached hydrogens (primary N) is 1. The van der Waals surface area contributed by atoms with Crippen molar-refractivity contribution >= 4 is 17.2 Å².